The molecule has 5 nitrogen and oxygen atoms in total. The fourth-order valence-corrected chi connectivity index (χ4v) is 3.34. The van der Waals surface area contributed by atoms with E-state index in [1.807, 2.05) is 6.92 Å². The van der Waals surface area contributed by atoms with Crippen LogP contribution in [0.2, 0.25) is 0 Å². The fraction of sp³-hybridized carbons (Fsp3) is 0.875. The number of carbonyl (C=O) groups is 2. The van der Waals surface area contributed by atoms with Crippen LogP contribution in [0.5, 0.6) is 0 Å². The van der Waals surface area contributed by atoms with Crippen molar-refractivity contribution in [3.8, 4) is 0 Å². The highest BCUT2D eigenvalue weighted by Gasteiger charge is 2.35. The molecule has 1 heterocycles. The van der Waals surface area contributed by atoms with Crippen LogP contribution in [0.15, 0.2) is 0 Å². The molecule has 0 aromatic rings. The molecular weight excluding hydrogens is 302 g/mol. The molecule has 1 aliphatic carbocycles. The Bertz CT molecular complexity index is 388. The number of amides is 1. The molecule has 0 aromatic heterocycles. The highest BCUT2D eigenvalue weighted by atomic mass is 32.1. The van der Waals surface area contributed by atoms with Gasteiger partial charge in [-0.3, -0.25) is 4.79 Å². The van der Waals surface area contributed by atoms with Gasteiger partial charge in [-0.15, -0.1) is 0 Å². The summed E-state index contributed by atoms with van der Waals surface area (Å²) in [5, 5.41) is 0. The number of hydrogen-bond acceptors (Lipinski definition) is 5. The molecule has 1 amide bonds. The van der Waals surface area contributed by atoms with E-state index in [1.54, 1.807) is 4.90 Å². The summed E-state index contributed by atoms with van der Waals surface area (Å²) in [5.74, 6) is 0.669. The van der Waals surface area contributed by atoms with Gasteiger partial charge in [0.05, 0.1) is 13.0 Å². The molecule has 0 radical (unpaired) electrons. The Morgan fingerprint density at radius 1 is 1.23 bits per heavy atom. The molecular formula is C16H27NO4S. The van der Waals surface area contributed by atoms with Crippen LogP contribution in [-0.4, -0.2) is 48.0 Å². The van der Waals surface area contributed by atoms with Gasteiger partial charge in [0.1, 0.15) is 5.60 Å². The Balaban J connectivity index is 1.68. The summed E-state index contributed by atoms with van der Waals surface area (Å²) in [6, 6.07) is 0. The molecule has 2 fully saturated rings. The smallest absolute Gasteiger partial charge is 0.410 e. The Morgan fingerprint density at radius 3 is 2.45 bits per heavy atom. The number of thiol groups is 1. The Kier molecular flexibility index (Phi) is 6.41. The minimum atomic E-state index is -0.268. The minimum Gasteiger partial charge on any atom is -0.465 e. The number of hydrogen-bond donors (Lipinski definition) is 1. The van der Waals surface area contributed by atoms with Gasteiger partial charge in [-0.2, -0.15) is 12.6 Å². The average molecular weight is 329 g/mol. The summed E-state index contributed by atoms with van der Waals surface area (Å²) >= 11 is 4.01. The summed E-state index contributed by atoms with van der Waals surface area (Å²) in [6.45, 7) is 3.85. The van der Waals surface area contributed by atoms with Crippen molar-refractivity contribution in [3.63, 3.8) is 0 Å². The van der Waals surface area contributed by atoms with Crippen LogP contribution in [0.1, 0.15) is 51.9 Å². The first-order valence-electron chi connectivity index (χ1n) is 8.27. The first kappa shape index (κ1) is 17.4. The molecule has 0 bridgehead atoms. The third kappa shape index (κ3) is 5.07. The van der Waals surface area contributed by atoms with Gasteiger partial charge in [-0.25, -0.2) is 4.79 Å². The molecule has 6 heteroatoms. The average Bonchev–Trinajstić information content (AvgIpc) is 2.92. The topological polar surface area (TPSA) is 55.8 Å². The summed E-state index contributed by atoms with van der Waals surface area (Å²) in [5.41, 5.74) is -0.268. The molecule has 1 saturated carbocycles. The first-order chi connectivity index (χ1) is 10.5. The van der Waals surface area contributed by atoms with Crippen LogP contribution >= 0.6 is 12.6 Å². The number of ether oxygens (including phenoxy) is 2. The van der Waals surface area contributed by atoms with Gasteiger partial charge < -0.3 is 14.4 Å². The van der Waals surface area contributed by atoms with Gasteiger partial charge in [-0.05, 0) is 51.4 Å². The van der Waals surface area contributed by atoms with Crippen molar-refractivity contribution in [2.45, 2.75) is 57.5 Å². The largest absolute Gasteiger partial charge is 0.465 e. The van der Waals surface area contributed by atoms with Crippen molar-refractivity contribution in [2.75, 3.05) is 25.4 Å². The zero-order valence-corrected chi connectivity index (χ0v) is 14.3. The molecule has 2 aliphatic rings. The van der Waals surface area contributed by atoms with Crippen molar-refractivity contribution in [1.82, 2.24) is 4.90 Å². The van der Waals surface area contributed by atoms with Gasteiger partial charge in [0.15, 0.2) is 0 Å². The van der Waals surface area contributed by atoms with Crippen LogP contribution in [0, 0.1) is 5.92 Å². The van der Waals surface area contributed by atoms with E-state index in [-0.39, 0.29) is 17.7 Å². The lowest BCUT2D eigenvalue weighted by atomic mass is 9.98. The summed E-state index contributed by atoms with van der Waals surface area (Å²) < 4.78 is 10.9. The molecule has 2 rings (SSSR count). The lowest BCUT2D eigenvalue weighted by Crippen LogP contribution is -2.43. The van der Waals surface area contributed by atoms with Crippen LogP contribution in [0.25, 0.3) is 0 Å². The molecule has 0 unspecified atom stereocenters. The number of rotatable bonds is 5. The maximum atomic E-state index is 12.2. The zero-order chi connectivity index (χ0) is 16.0. The Hall–Kier alpha value is -0.910. The summed E-state index contributed by atoms with van der Waals surface area (Å²) in [6.07, 6.45) is 6.11. The number of esters is 1. The van der Waals surface area contributed by atoms with Gasteiger partial charge in [0, 0.05) is 18.8 Å². The van der Waals surface area contributed by atoms with Gasteiger partial charge >= 0.3 is 12.1 Å². The Labute approximate surface area is 138 Å². The van der Waals surface area contributed by atoms with Crippen LogP contribution in [0.4, 0.5) is 4.79 Å². The lowest BCUT2D eigenvalue weighted by molar-refractivity contribution is -0.145. The maximum absolute atomic E-state index is 12.2. The number of likely N-dealkylation sites (tertiary alicyclic amines) is 1. The second kappa shape index (κ2) is 8.09. The SMILES string of the molecule is CC1(OC(=O)N2CCC(COC(=O)CCS)CC2)CCCC1. The normalized spacial score (nSPS) is 21.6. The molecule has 1 aliphatic heterocycles. The van der Waals surface area contributed by atoms with Gasteiger partial charge in [0.2, 0.25) is 0 Å². The molecule has 0 spiro atoms. The van der Waals surface area contributed by atoms with E-state index < -0.39 is 0 Å². The van der Waals surface area contributed by atoms with E-state index in [4.69, 9.17) is 9.47 Å². The van der Waals surface area contributed by atoms with E-state index in [1.165, 1.54) is 0 Å². The van der Waals surface area contributed by atoms with E-state index in [0.29, 0.717) is 37.8 Å². The molecule has 1 saturated heterocycles. The Morgan fingerprint density at radius 2 is 1.86 bits per heavy atom. The second-order valence-corrected chi connectivity index (χ2v) is 7.06. The third-order valence-electron chi connectivity index (χ3n) is 4.66. The number of nitrogens with zero attached hydrogens (tertiary/aromatic N) is 1. The lowest BCUT2D eigenvalue weighted by Gasteiger charge is -2.34. The van der Waals surface area contributed by atoms with E-state index in [9.17, 15) is 9.59 Å². The second-order valence-electron chi connectivity index (χ2n) is 6.61. The van der Waals surface area contributed by atoms with Gasteiger partial charge in [-0.1, -0.05) is 0 Å². The zero-order valence-electron chi connectivity index (χ0n) is 13.4. The van der Waals surface area contributed by atoms with E-state index in [0.717, 1.165) is 38.5 Å². The predicted molar refractivity (Wildman–Crippen MR) is 87.1 cm³/mol. The van der Waals surface area contributed by atoms with Gasteiger partial charge in [0.25, 0.3) is 0 Å². The molecule has 0 aromatic carbocycles. The van der Waals surface area contributed by atoms with Crippen molar-refractivity contribution < 1.29 is 19.1 Å². The van der Waals surface area contributed by atoms with Crippen molar-refractivity contribution in [3.05, 3.63) is 0 Å². The highest BCUT2D eigenvalue weighted by molar-refractivity contribution is 7.80. The minimum absolute atomic E-state index is 0.185. The van der Waals surface area contributed by atoms with Crippen LogP contribution in [0.3, 0.4) is 0 Å². The summed E-state index contributed by atoms with van der Waals surface area (Å²) in [7, 11) is 0. The molecule has 22 heavy (non-hydrogen) atoms. The molecule has 126 valence electrons. The quantitative estimate of drug-likeness (QED) is 0.622. The summed E-state index contributed by atoms with van der Waals surface area (Å²) in [4.78, 5) is 25.3. The fourth-order valence-electron chi connectivity index (χ4n) is 3.16. The maximum Gasteiger partial charge on any atom is 0.410 e. The molecule has 0 N–H and O–H groups in total. The van der Waals surface area contributed by atoms with Crippen LogP contribution in [-0.2, 0) is 14.3 Å². The predicted octanol–water partition coefficient (Wildman–Crippen LogP) is 3.03. The standard InChI is InChI=1S/C16H27NO4S/c1-16(7-2-3-8-16)21-15(19)17-9-4-13(5-10-17)12-20-14(18)6-11-22/h13,22H,2-12H2,1H3. The van der Waals surface area contributed by atoms with Crippen LogP contribution < -0.4 is 0 Å². The van der Waals surface area contributed by atoms with E-state index >= 15 is 0 Å². The van der Waals surface area contributed by atoms with E-state index in [2.05, 4.69) is 12.6 Å². The number of piperidine rings is 1. The highest BCUT2D eigenvalue weighted by Crippen LogP contribution is 2.33. The molecule has 0 atom stereocenters. The van der Waals surface area contributed by atoms with Crippen molar-refractivity contribution in [1.29, 1.82) is 0 Å². The number of carbonyl (C=O) groups excluding carboxylic acids is 2. The first-order valence-corrected chi connectivity index (χ1v) is 8.90. The third-order valence-corrected chi connectivity index (χ3v) is 4.89. The van der Waals surface area contributed by atoms with Crippen molar-refractivity contribution >= 4 is 24.7 Å². The monoisotopic (exact) mass is 329 g/mol. The van der Waals surface area contributed by atoms with Crippen molar-refractivity contribution in [2.24, 2.45) is 5.92 Å².